The highest BCUT2D eigenvalue weighted by Crippen LogP contribution is 2.42. The molecule has 6 heteroatoms. The van der Waals surface area contributed by atoms with Gasteiger partial charge in [-0.2, -0.15) is 0 Å². The zero-order chi connectivity index (χ0) is 14.3. The predicted octanol–water partition coefficient (Wildman–Crippen LogP) is 2.81. The van der Waals surface area contributed by atoms with Crippen molar-refractivity contribution >= 4 is 23.0 Å². The molecular formula is C14H18ClN3O2. The highest BCUT2D eigenvalue weighted by Gasteiger charge is 2.40. The van der Waals surface area contributed by atoms with Gasteiger partial charge < -0.3 is 10.6 Å². The lowest BCUT2D eigenvalue weighted by atomic mass is 9.78. The average molecular weight is 296 g/mol. The highest BCUT2D eigenvalue weighted by molar-refractivity contribution is 6.33. The average Bonchev–Trinajstić information content (AvgIpc) is 2.83. The van der Waals surface area contributed by atoms with Crippen LogP contribution in [0.2, 0.25) is 5.02 Å². The Labute approximate surface area is 122 Å². The summed E-state index contributed by atoms with van der Waals surface area (Å²) in [6.07, 6.45) is 3.39. The van der Waals surface area contributed by atoms with Gasteiger partial charge in [0.15, 0.2) is 0 Å². The zero-order valence-corrected chi connectivity index (χ0v) is 11.9. The molecule has 1 aromatic carbocycles. The third-order valence-electron chi connectivity index (χ3n) is 4.64. The van der Waals surface area contributed by atoms with Crippen molar-refractivity contribution in [1.29, 1.82) is 0 Å². The zero-order valence-electron chi connectivity index (χ0n) is 11.2. The van der Waals surface area contributed by atoms with E-state index in [2.05, 4.69) is 4.90 Å². The van der Waals surface area contributed by atoms with Crippen LogP contribution < -0.4 is 10.6 Å². The van der Waals surface area contributed by atoms with E-state index >= 15 is 0 Å². The summed E-state index contributed by atoms with van der Waals surface area (Å²) in [7, 11) is 0. The van der Waals surface area contributed by atoms with E-state index in [1.807, 2.05) is 0 Å². The molecular weight excluding hydrogens is 278 g/mol. The molecule has 1 aliphatic heterocycles. The van der Waals surface area contributed by atoms with E-state index in [1.54, 1.807) is 18.2 Å². The van der Waals surface area contributed by atoms with Crippen LogP contribution in [0.3, 0.4) is 0 Å². The fraction of sp³-hybridized carbons (Fsp3) is 0.571. The number of benzene rings is 1. The molecule has 3 atom stereocenters. The number of hydrogen-bond donors (Lipinski definition) is 1. The van der Waals surface area contributed by atoms with Crippen molar-refractivity contribution in [3.8, 4) is 0 Å². The summed E-state index contributed by atoms with van der Waals surface area (Å²) >= 11 is 5.99. The number of anilines is 1. The number of hydrogen-bond acceptors (Lipinski definition) is 4. The maximum Gasteiger partial charge on any atom is 0.310 e. The first kappa shape index (κ1) is 13.6. The first-order valence-electron chi connectivity index (χ1n) is 7.01. The van der Waals surface area contributed by atoms with Crippen LogP contribution in [0.25, 0.3) is 0 Å². The summed E-state index contributed by atoms with van der Waals surface area (Å²) in [6.45, 7) is 1.65. The van der Waals surface area contributed by atoms with Gasteiger partial charge in [0.2, 0.25) is 0 Å². The van der Waals surface area contributed by atoms with Crippen LogP contribution in [0.1, 0.15) is 19.3 Å². The number of nitrogens with zero attached hydrogens (tertiary/aromatic N) is 2. The molecule has 0 spiro atoms. The number of nitro benzene ring substituents is 1. The molecule has 0 aromatic heterocycles. The van der Waals surface area contributed by atoms with Gasteiger partial charge >= 0.3 is 5.69 Å². The van der Waals surface area contributed by atoms with E-state index in [4.69, 9.17) is 17.3 Å². The van der Waals surface area contributed by atoms with E-state index in [-0.39, 0.29) is 21.7 Å². The molecule has 3 rings (SSSR count). The lowest BCUT2D eigenvalue weighted by molar-refractivity contribution is -0.384. The maximum absolute atomic E-state index is 11.2. The molecule has 1 saturated carbocycles. The number of rotatable bonds is 2. The van der Waals surface area contributed by atoms with Crippen molar-refractivity contribution in [2.45, 2.75) is 25.3 Å². The number of nitrogens with two attached hydrogens (primary N) is 1. The van der Waals surface area contributed by atoms with Gasteiger partial charge in [0.25, 0.3) is 0 Å². The van der Waals surface area contributed by atoms with Gasteiger partial charge in [-0.15, -0.1) is 0 Å². The van der Waals surface area contributed by atoms with Gasteiger partial charge in [-0.05, 0) is 36.8 Å². The summed E-state index contributed by atoms with van der Waals surface area (Å²) in [5.41, 5.74) is 6.85. The first-order chi connectivity index (χ1) is 9.58. The summed E-state index contributed by atoms with van der Waals surface area (Å²) in [6, 6.07) is 5.34. The normalized spacial score (nSPS) is 29.3. The minimum atomic E-state index is -0.389. The summed E-state index contributed by atoms with van der Waals surface area (Å²) < 4.78 is 0. The summed E-state index contributed by atoms with van der Waals surface area (Å²) in [5, 5.41) is 11.4. The van der Waals surface area contributed by atoms with Crippen molar-refractivity contribution in [3.05, 3.63) is 33.3 Å². The molecule has 1 aliphatic carbocycles. The fourth-order valence-corrected chi connectivity index (χ4v) is 3.89. The second kappa shape index (κ2) is 5.22. The summed E-state index contributed by atoms with van der Waals surface area (Å²) in [4.78, 5) is 12.9. The van der Waals surface area contributed by atoms with Crippen LogP contribution >= 0.6 is 11.6 Å². The van der Waals surface area contributed by atoms with E-state index in [9.17, 15) is 10.1 Å². The molecule has 1 saturated heterocycles. The van der Waals surface area contributed by atoms with Crippen LogP contribution in [-0.4, -0.2) is 24.1 Å². The van der Waals surface area contributed by atoms with E-state index in [1.165, 1.54) is 6.42 Å². The van der Waals surface area contributed by atoms with E-state index in [0.29, 0.717) is 17.5 Å². The van der Waals surface area contributed by atoms with Crippen molar-refractivity contribution in [2.24, 2.45) is 17.6 Å². The Bertz CT molecular complexity index is 537. The number of fused-ring (bicyclic) bond motifs is 1. The third-order valence-corrected chi connectivity index (χ3v) is 4.95. The highest BCUT2D eigenvalue weighted by atomic mass is 35.5. The van der Waals surface area contributed by atoms with Crippen molar-refractivity contribution in [3.63, 3.8) is 0 Å². The fourth-order valence-electron chi connectivity index (χ4n) is 3.65. The molecule has 1 aromatic rings. The number of halogens is 1. The molecule has 2 aliphatic rings. The van der Waals surface area contributed by atoms with Crippen molar-refractivity contribution in [2.75, 3.05) is 18.0 Å². The number of para-hydroxylation sites is 1. The molecule has 0 bridgehead atoms. The molecule has 20 heavy (non-hydrogen) atoms. The van der Waals surface area contributed by atoms with E-state index < -0.39 is 0 Å². The number of nitro groups is 1. The first-order valence-corrected chi connectivity index (χ1v) is 7.39. The van der Waals surface area contributed by atoms with Crippen molar-refractivity contribution in [1.82, 2.24) is 0 Å². The Morgan fingerprint density at radius 3 is 2.85 bits per heavy atom. The molecule has 1 heterocycles. The standard InChI is InChI=1S/C14H18ClN3O2/c15-11-4-2-6-13(14(11)18(19)20)17-7-9-3-1-5-12(16)10(9)8-17/h2,4,6,9-10,12H,1,3,5,7-8,16H2. The second-order valence-electron chi connectivity index (χ2n) is 5.79. The van der Waals surface area contributed by atoms with Gasteiger partial charge in [0.1, 0.15) is 10.7 Å². The smallest absolute Gasteiger partial charge is 0.310 e. The molecule has 5 nitrogen and oxygen atoms in total. The molecule has 3 unspecified atom stereocenters. The van der Waals surface area contributed by atoms with Crippen molar-refractivity contribution < 1.29 is 4.92 Å². The van der Waals surface area contributed by atoms with Gasteiger partial charge in [-0.1, -0.05) is 24.1 Å². The molecule has 2 N–H and O–H groups in total. The molecule has 2 fully saturated rings. The lowest BCUT2D eigenvalue weighted by Crippen LogP contribution is -2.38. The Morgan fingerprint density at radius 2 is 2.15 bits per heavy atom. The SMILES string of the molecule is NC1CCCC2CN(c3cccc(Cl)c3[N+](=O)[O-])CC12. The van der Waals surface area contributed by atoms with Crippen LogP contribution in [-0.2, 0) is 0 Å². The quantitative estimate of drug-likeness (QED) is 0.672. The van der Waals surface area contributed by atoms with Crippen LogP contribution in [0.15, 0.2) is 18.2 Å². The Morgan fingerprint density at radius 1 is 1.35 bits per heavy atom. The van der Waals surface area contributed by atoms with Crippen LogP contribution in [0.5, 0.6) is 0 Å². The Hall–Kier alpha value is -1.33. The molecule has 0 radical (unpaired) electrons. The van der Waals surface area contributed by atoms with E-state index in [0.717, 1.165) is 25.9 Å². The summed E-state index contributed by atoms with van der Waals surface area (Å²) in [5.74, 6) is 1.000. The van der Waals surface area contributed by atoms with Gasteiger partial charge in [-0.25, -0.2) is 0 Å². The third kappa shape index (κ3) is 2.25. The second-order valence-corrected chi connectivity index (χ2v) is 6.20. The predicted molar refractivity (Wildman–Crippen MR) is 79.1 cm³/mol. The molecule has 108 valence electrons. The monoisotopic (exact) mass is 295 g/mol. The van der Waals surface area contributed by atoms with Gasteiger partial charge in [-0.3, -0.25) is 10.1 Å². The van der Waals surface area contributed by atoms with Gasteiger partial charge in [0.05, 0.1) is 4.92 Å². The Balaban J connectivity index is 1.91. The lowest BCUT2D eigenvalue weighted by Gasteiger charge is -2.29. The van der Waals surface area contributed by atoms with Crippen LogP contribution in [0.4, 0.5) is 11.4 Å². The largest absolute Gasteiger partial charge is 0.365 e. The maximum atomic E-state index is 11.2. The minimum absolute atomic E-state index is 0.0152. The Kier molecular flexibility index (Phi) is 3.56. The molecule has 0 amide bonds. The van der Waals surface area contributed by atoms with Crippen LogP contribution in [0, 0.1) is 22.0 Å². The van der Waals surface area contributed by atoms with Gasteiger partial charge in [0, 0.05) is 19.1 Å². The minimum Gasteiger partial charge on any atom is -0.365 e. The topological polar surface area (TPSA) is 72.4 Å².